The number of rotatable bonds is 0. The summed E-state index contributed by atoms with van der Waals surface area (Å²) < 4.78 is 11.7. The molecule has 2 rings (SSSR count). The Kier molecular flexibility index (Phi) is 1.74. The SMILES string of the molecule is C[C@@H]1CCO[C@@]12CCC(C)(C)O2. The van der Waals surface area contributed by atoms with Crippen LogP contribution in [0.3, 0.4) is 0 Å². The summed E-state index contributed by atoms with van der Waals surface area (Å²) in [6.45, 7) is 7.40. The van der Waals surface area contributed by atoms with Crippen molar-refractivity contribution in [1.82, 2.24) is 0 Å². The molecule has 0 unspecified atom stereocenters. The number of hydrogen-bond donors (Lipinski definition) is 0. The molecule has 0 N–H and O–H groups in total. The first-order chi connectivity index (χ1) is 5.54. The zero-order valence-corrected chi connectivity index (χ0v) is 8.22. The van der Waals surface area contributed by atoms with Gasteiger partial charge in [0.05, 0.1) is 12.2 Å². The molecule has 2 atom stereocenters. The molecule has 2 heteroatoms. The molecule has 70 valence electrons. The van der Waals surface area contributed by atoms with E-state index in [0.29, 0.717) is 5.92 Å². The van der Waals surface area contributed by atoms with Gasteiger partial charge < -0.3 is 9.47 Å². The summed E-state index contributed by atoms with van der Waals surface area (Å²) in [6, 6.07) is 0. The average Bonchev–Trinajstić information content (AvgIpc) is 2.43. The van der Waals surface area contributed by atoms with Gasteiger partial charge in [-0.25, -0.2) is 0 Å². The molecule has 0 aliphatic carbocycles. The molecule has 0 amide bonds. The highest BCUT2D eigenvalue weighted by Gasteiger charge is 2.51. The molecule has 0 radical (unpaired) electrons. The Bertz CT molecular complexity index is 188. The third kappa shape index (κ3) is 1.17. The van der Waals surface area contributed by atoms with Gasteiger partial charge in [0.2, 0.25) is 0 Å². The lowest BCUT2D eigenvalue weighted by Gasteiger charge is -2.30. The van der Waals surface area contributed by atoms with Crippen molar-refractivity contribution >= 4 is 0 Å². The molecule has 0 aromatic rings. The van der Waals surface area contributed by atoms with E-state index in [1.54, 1.807) is 0 Å². The third-order valence-electron chi connectivity index (χ3n) is 3.17. The molecule has 0 aromatic carbocycles. The minimum absolute atomic E-state index is 0.0264. The summed E-state index contributed by atoms with van der Waals surface area (Å²) in [5.41, 5.74) is 0.0264. The van der Waals surface area contributed by atoms with E-state index >= 15 is 0 Å². The van der Waals surface area contributed by atoms with Gasteiger partial charge in [-0.2, -0.15) is 0 Å². The molecule has 2 fully saturated rings. The van der Waals surface area contributed by atoms with Crippen molar-refractivity contribution in [2.24, 2.45) is 5.92 Å². The van der Waals surface area contributed by atoms with E-state index in [4.69, 9.17) is 9.47 Å². The minimum Gasteiger partial charge on any atom is -0.350 e. The van der Waals surface area contributed by atoms with Crippen LogP contribution in [0.25, 0.3) is 0 Å². The average molecular weight is 170 g/mol. The fourth-order valence-corrected chi connectivity index (χ4v) is 2.26. The van der Waals surface area contributed by atoms with E-state index in [9.17, 15) is 0 Å². The Morgan fingerprint density at radius 3 is 2.42 bits per heavy atom. The maximum Gasteiger partial charge on any atom is 0.171 e. The third-order valence-corrected chi connectivity index (χ3v) is 3.17. The summed E-state index contributed by atoms with van der Waals surface area (Å²) in [4.78, 5) is 0. The Labute approximate surface area is 74.2 Å². The van der Waals surface area contributed by atoms with Crippen molar-refractivity contribution in [1.29, 1.82) is 0 Å². The van der Waals surface area contributed by atoms with Crippen LogP contribution >= 0.6 is 0 Å². The molecule has 0 bridgehead atoms. The summed E-state index contributed by atoms with van der Waals surface area (Å²) in [5.74, 6) is 0.350. The van der Waals surface area contributed by atoms with E-state index < -0.39 is 0 Å². The van der Waals surface area contributed by atoms with Crippen molar-refractivity contribution in [2.75, 3.05) is 6.61 Å². The van der Waals surface area contributed by atoms with Crippen LogP contribution in [-0.4, -0.2) is 18.0 Å². The van der Waals surface area contributed by atoms with E-state index in [-0.39, 0.29) is 11.4 Å². The molecule has 2 saturated heterocycles. The lowest BCUT2D eigenvalue weighted by molar-refractivity contribution is -0.236. The quantitative estimate of drug-likeness (QED) is 0.555. The van der Waals surface area contributed by atoms with Crippen molar-refractivity contribution in [3.63, 3.8) is 0 Å². The van der Waals surface area contributed by atoms with Crippen LogP contribution in [-0.2, 0) is 9.47 Å². The lowest BCUT2D eigenvalue weighted by Crippen LogP contribution is -2.36. The standard InChI is InChI=1S/C10H18O2/c1-8-4-7-11-10(8)6-5-9(2,3)12-10/h8H,4-7H2,1-3H3/t8-,10-/m1/s1. The first-order valence-corrected chi connectivity index (χ1v) is 4.88. The molecule has 12 heavy (non-hydrogen) atoms. The minimum atomic E-state index is -0.219. The fraction of sp³-hybridized carbons (Fsp3) is 1.00. The first kappa shape index (κ1) is 8.52. The van der Waals surface area contributed by atoms with Gasteiger partial charge in [-0.15, -0.1) is 0 Å². The zero-order chi connectivity index (χ0) is 8.82. The van der Waals surface area contributed by atoms with Gasteiger partial charge in [0.25, 0.3) is 0 Å². The highest BCUT2D eigenvalue weighted by Crippen LogP contribution is 2.46. The molecular formula is C10H18O2. The van der Waals surface area contributed by atoms with Crippen LogP contribution in [0, 0.1) is 5.92 Å². The topological polar surface area (TPSA) is 18.5 Å². The Hall–Kier alpha value is -0.0800. The predicted octanol–water partition coefficient (Wildman–Crippen LogP) is 2.33. The van der Waals surface area contributed by atoms with Crippen LogP contribution in [0.5, 0.6) is 0 Å². The highest BCUT2D eigenvalue weighted by atomic mass is 16.7. The van der Waals surface area contributed by atoms with E-state index in [2.05, 4.69) is 20.8 Å². The number of ether oxygens (including phenoxy) is 2. The molecule has 2 aliphatic rings. The van der Waals surface area contributed by atoms with Gasteiger partial charge in [-0.05, 0) is 26.7 Å². The van der Waals surface area contributed by atoms with Gasteiger partial charge in [-0.1, -0.05) is 6.92 Å². The van der Waals surface area contributed by atoms with Gasteiger partial charge in [-0.3, -0.25) is 0 Å². The van der Waals surface area contributed by atoms with Crippen LogP contribution < -0.4 is 0 Å². The summed E-state index contributed by atoms with van der Waals surface area (Å²) in [7, 11) is 0. The van der Waals surface area contributed by atoms with Crippen molar-refractivity contribution < 1.29 is 9.47 Å². The Morgan fingerprint density at radius 2 is 2.00 bits per heavy atom. The van der Waals surface area contributed by atoms with Gasteiger partial charge in [0.1, 0.15) is 0 Å². The molecule has 2 nitrogen and oxygen atoms in total. The second-order valence-electron chi connectivity index (χ2n) is 4.71. The van der Waals surface area contributed by atoms with Gasteiger partial charge in [0.15, 0.2) is 5.79 Å². The second kappa shape index (κ2) is 2.46. The maximum absolute atomic E-state index is 5.99. The van der Waals surface area contributed by atoms with Gasteiger partial charge in [0, 0.05) is 12.3 Å². The van der Waals surface area contributed by atoms with E-state index in [1.165, 1.54) is 0 Å². The maximum atomic E-state index is 5.99. The largest absolute Gasteiger partial charge is 0.350 e. The number of hydrogen-bond acceptors (Lipinski definition) is 2. The fourth-order valence-electron chi connectivity index (χ4n) is 2.26. The predicted molar refractivity (Wildman–Crippen MR) is 46.9 cm³/mol. The first-order valence-electron chi connectivity index (χ1n) is 4.88. The van der Waals surface area contributed by atoms with Crippen LogP contribution in [0.2, 0.25) is 0 Å². The molecule has 2 aliphatic heterocycles. The van der Waals surface area contributed by atoms with Crippen molar-refractivity contribution in [3.8, 4) is 0 Å². The second-order valence-corrected chi connectivity index (χ2v) is 4.71. The van der Waals surface area contributed by atoms with Crippen molar-refractivity contribution in [3.05, 3.63) is 0 Å². The molecule has 0 aromatic heterocycles. The summed E-state index contributed by atoms with van der Waals surface area (Å²) >= 11 is 0. The summed E-state index contributed by atoms with van der Waals surface area (Å²) in [6.07, 6.45) is 3.34. The Morgan fingerprint density at radius 1 is 1.25 bits per heavy atom. The molecule has 2 heterocycles. The Balaban J connectivity index is 2.14. The van der Waals surface area contributed by atoms with E-state index in [1.807, 2.05) is 0 Å². The summed E-state index contributed by atoms with van der Waals surface area (Å²) in [5, 5.41) is 0. The van der Waals surface area contributed by atoms with Crippen LogP contribution in [0.4, 0.5) is 0 Å². The van der Waals surface area contributed by atoms with Crippen molar-refractivity contribution in [2.45, 2.75) is 51.4 Å². The van der Waals surface area contributed by atoms with Crippen LogP contribution in [0.1, 0.15) is 40.0 Å². The normalized spacial score (nSPS) is 45.8. The highest BCUT2D eigenvalue weighted by molar-refractivity contribution is 4.92. The molecule has 1 spiro atoms. The lowest BCUT2D eigenvalue weighted by atomic mass is 9.96. The van der Waals surface area contributed by atoms with Gasteiger partial charge >= 0.3 is 0 Å². The van der Waals surface area contributed by atoms with E-state index in [0.717, 1.165) is 25.9 Å². The zero-order valence-electron chi connectivity index (χ0n) is 8.22. The monoisotopic (exact) mass is 170 g/mol. The molecule has 0 saturated carbocycles. The smallest absolute Gasteiger partial charge is 0.171 e. The van der Waals surface area contributed by atoms with Crippen LogP contribution in [0.15, 0.2) is 0 Å². The molecular weight excluding hydrogens is 152 g/mol.